The monoisotopic (exact) mass is 325 g/mol. The Balaban J connectivity index is 1.70. The van der Waals surface area contributed by atoms with E-state index in [9.17, 15) is 14.9 Å². The van der Waals surface area contributed by atoms with Gasteiger partial charge >= 0.3 is 0 Å². The molecule has 0 fully saturated rings. The van der Waals surface area contributed by atoms with Crippen molar-refractivity contribution in [1.29, 1.82) is 0 Å². The first-order valence-corrected chi connectivity index (χ1v) is 7.94. The quantitative estimate of drug-likeness (QED) is 0.513. The van der Waals surface area contributed by atoms with Crippen LogP contribution in [0.4, 0.5) is 11.4 Å². The fraction of sp³-hybridized carbons (Fsp3) is 0.278. The van der Waals surface area contributed by atoms with Gasteiger partial charge in [-0.3, -0.25) is 14.9 Å². The van der Waals surface area contributed by atoms with Crippen LogP contribution in [0.2, 0.25) is 0 Å². The lowest BCUT2D eigenvalue weighted by Gasteiger charge is -2.26. The van der Waals surface area contributed by atoms with Gasteiger partial charge in [-0.2, -0.15) is 0 Å². The van der Waals surface area contributed by atoms with Crippen molar-refractivity contribution < 1.29 is 9.72 Å². The second-order valence-corrected chi connectivity index (χ2v) is 6.07. The van der Waals surface area contributed by atoms with Crippen LogP contribution in [-0.4, -0.2) is 10.8 Å². The highest BCUT2D eigenvalue weighted by Gasteiger charge is 2.22. The maximum absolute atomic E-state index is 12.3. The van der Waals surface area contributed by atoms with Crippen LogP contribution in [0.3, 0.4) is 0 Å². The molecule has 1 aliphatic rings. The predicted octanol–water partition coefficient (Wildman–Crippen LogP) is 2.91. The highest BCUT2D eigenvalue weighted by molar-refractivity contribution is 5.79. The summed E-state index contributed by atoms with van der Waals surface area (Å²) in [5.74, 6) is -0.134. The molecule has 2 aromatic carbocycles. The van der Waals surface area contributed by atoms with Crippen LogP contribution in [0.5, 0.6) is 0 Å². The van der Waals surface area contributed by atoms with Crippen LogP contribution in [0.1, 0.15) is 35.6 Å². The average Bonchev–Trinajstić information content (AvgIpc) is 2.55. The number of nitrogens with one attached hydrogen (secondary N) is 1. The first kappa shape index (κ1) is 16.0. The van der Waals surface area contributed by atoms with Gasteiger partial charge in [0.1, 0.15) is 0 Å². The van der Waals surface area contributed by atoms with Crippen LogP contribution in [0.25, 0.3) is 0 Å². The number of fused-ring (bicyclic) bond motifs is 1. The second kappa shape index (κ2) is 6.70. The number of nitro groups is 1. The van der Waals surface area contributed by atoms with Gasteiger partial charge in [-0.15, -0.1) is 0 Å². The Kier molecular flexibility index (Phi) is 4.46. The molecular formula is C18H19N3O3. The van der Waals surface area contributed by atoms with E-state index in [1.165, 1.54) is 17.7 Å². The van der Waals surface area contributed by atoms with E-state index in [1.54, 1.807) is 12.1 Å². The number of anilines is 1. The summed E-state index contributed by atoms with van der Waals surface area (Å²) >= 11 is 0. The van der Waals surface area contributed by atoms with Crippen molar-refractivity contribution in [3.05, 3.63) is 69.3 Å². The van der Waals surface area contributed by atoms with E-state index in [0.717, 1.165) is 30.5 Å². The Labute approximate surface area is 139 Å². The molecule has 24 heavy (non-hydrogen) atoms. The van der Waals surface area contributed by atoms with Crippen molar-refractivity contribution in [2.45, 2.75) is 31.7 Å². The minimum atomic E-state index is -0.455. The van der Waals surface area contributed by atoms with Crippen LogP contribution >= 0.6 is 0 Å². The summed E-state index contributed by atoms with van der Waals surface area (Å²) in [7, 11) is 0. The number of non-ortho nitro benzene ring substituents is 1. The Hall–Kier alpha value is -2.89. The predicted molar refractivity (Wildman–Crippen MR) is 91.5 cm³/mol. The van der Waals surface area contributed by atoms with Crippen LogP contribution in [-0.2, 0) is 17.6 Å². The van der Waals surface area contributed by atoms with Crippen LogP contribution in [0, 0.1) is 10.1 Å². The van der Waals surface area contributed by atoms with Crippen molar-refractivity contribution in [2.24, 2.45) is 0 Å². The second-order valence-electron chi connectivity index (χ2n) is 6.07. The molecule has 6 nitrogen and oxygen atoms in total. The lowest BCUT2D eigenvalue weighted by atomic mass is 9.87. The molecule has 0 saturated carbocycles. The van der Waals surface area contributed by atoms with E-state index >= 15 is 0 Å². The lowest BCUT2D eigenvalue weighted by molar-refractivity contribution is -0.384. The summed E-state index contributed by atoms with van der Waals surface area (Å²) in [6.07, 6.45) is 2.98. The molecular weight excluding hydrogens is 306 g/mol. The van der Waals surface area contributed by atoms with Crippen LogP contribution < -0.4 is 11.1 Å². The topological polar surface area (TPSA) is 98.3 Å². The molecule has 1 aliphatic carbocycles. The summed E-state index contributed by atoms with van der Waals surface area (Å²) in [6.45, 7) is 0. The van der Waals surface area contributed by atoms with Crippen molar-refractivity contribution in [3.63, 3.8) is 0 Å². The molecule has 1 amide bonds. The van der Waals surface area contributed by atoms with E-state index in [-0.39, 0.29) is 24.1 Å². The number of rotatable bonds is 4. The largest absolute Gasteiger partial charge is 0.399 e. The fourth-order valence-corrected chi connectivity index (χ4v) is 3.19. The Bertz CT molecular complexity index is 789. The normalized spacial score (nSPS) is 16.2. The van der Waals surface area contributed by atoms with E-state index in [0.29, 0.717) is 5.56 Å². The Morgan fingerprint density at radius 3 is 2.92 bits per heavy atom. The van der Waals surface area contributed by atoms with Gasteiger partial charge in [0.25, 0.3) is 5.69 Å². The number of benzene rings is 2. The van der Waals surface area contributed by atoms with Crippen molar-refractivity contribution in [1.82, 2.24) is 5.32 Å². The number of carbonyl (C=O) groups is 1. The minimum absolute atomic E-state index is 0.00112. The highest BCUT2D eigenvalue weighted by atomic mass is 16.6. The number of nitro benzene ring substituents is 1. The van der Waals surface area contributed by atoms with Crippen LogP contribution in [0.15, 0.2) is 42.5 Å². The molecule has 6 heteroatoms. The van der Waals surface area contributed by atoms with E-state index in [1.807, 2.05) is 18.2 Å². The third-order valence-corrected chi connectivity index (χ3v) is 4.30. The number of amides is 1. The molecule has 0 radical (unpaired) electrons. The van der Waals surface area contributed by atoms with Gasteiger partial charge in [0.2, 0.25) is 5.91 Å². The first-order valence-electron chi connectivity index (χ1n) is 7.94. The highest BCUT2D eigenvalue weighted by Crippen LogP contribution is 2.31. The number of nitrogen functional groups attached to an aromatic ring is 1. The molecule has 0 saturated heterocycles. The van der Waals surface area contributed by atoms with Crippen molar-refractivity contribution >= 4 is 17.3 Å². The number of hydrogen-bond acceptors (Lipinski definition) is 4. The summed E-state index contributed by atoms with van der Waals surface area (Å²) in [5, 5.41) is 13.9. The zero-order chi connectivity index (χ0) is 17.1. The fourth-order valence-electron chi connectivity index (χ4n) is 3.19. The molecule has 0 aromatic heterocycles. The van der Waals surface area contributed by atoms with E-state index in [4.69, 9.17) is 5.73 Å². The van der Waals surface area contributed by atoms with Gasteiger partial charge in [-0.05, 0) is 48.1 Å². The molecule has 3 N–H and O–H groups in total. The zero-order valence-electron chi connectivity index (χ0n) is 13.2. The van der Waals surface area contributed by atoms with Gasteiger partial charge in [-0.1, -0.05) is 18.2 Å². The molecule has 1 atom stereocenters. The maximum Gasteiger partial charge on any atom is 0.269 e. The molecule has 0 heterocycles. The maximum atomic E-state index is 12.3. The summed E-state index contributed by atoms with van der Waals surface area (Å²) in [6, 6.07) is 11.9. The molecule has 124 valence electrons. The molecule has 0 spiro atoms. The number of carbonyl (C=O) groups excluding carboxylic acids is 1. The number of aryl methyl sites for hydroxylation is 1. The minimum Gasteiger partial charge on any atom is -0.399 e. The summed E-state index contributed by atoms with van der Waals surface area (Å²) < 4.78 is 0. The lowest BCUT2D eigenvalue weighted by Crippen LogP contribution is -2.32. The third kappa shape index (κ3) is 3.53. The van der Waals surface area contributed by atoms with Gasteiger partial charge in [0.15, 0.2) is 0 Å². The summed E-state index contributed by atoms with van der Waals surface area (Å²) in [4.78, 5) is 22.7. The van der Waals surface area contributed by atoms with E-state index < -0.39 is 4.92 Å². The Morgan fingerprint density at radius 1 is 1.29 bits per heavy atom. The average molecular weight is 325 g/mol. The zero-order valence-corrected chi connectivity index (χ0v) is 13.2. The molecule has 1 unspecified atom stereocenters. The number of nitrogens with zero attached hydrogens (tertiary/aromatic N) is 1. The molecule has 0 aliphatic heterocycles. The van der Waals surface area contributed by atoms with Gasteiger partial charge in [0, 0.05) is 17.8 Å². The van der Waals surface area contributed by atoms with Gasteiger partial charge in [-0.25, -0.2) is 0 Å². The van der Waals surface area contributed by atoms with Crippen molar-refractivity contribution in [3.8, 4) is 0 Å². The summed E-state index contributed by atoms with van der Waals surface area (Å²) in [5.41, 5.74) is 9.49. The molecule has 0 bridgehead atoms. The third-order valence-electron chi connectivity index (χ3n) is 4.30. The molecule has 2 aromatic rings. The number of nitrogens with two attached hydrogens (primary N) is 1. The van der Waals surface area contributed by atoms with Gasteiger partial charge < -0.3 is 11.1 Å². The Morgan fingerprint density at radius 2 is 2.12 bits per heavy atom. The smallest absolute Gasteiger partial charge is 0.269 e. The molecule has 3 rings (SSSR count). The van der Waals surface area contributed by atoms with E-state index in [2.05, 4.69) is 5.32 Å². The van der Waals surface area contributed by atoms with Crippen molar-refractivity contribution in [2.75, 3.05) is 5.73 Å². The SMILES string of the molecule is Nc1ccc2c(c1)CCCC2NC(=O)Cc1cccc([N+](=O)[O-])c1. The first-order chi connectivity index (χ1) is 11.5. The number of hydrogen-bond donors (Lipinski definition) is 2. The van der Waals surface area contributed by atoms with Gasteiger partial charge in [0.05, 0.1) is 17.4 Å². The standard InChI is InChI=1S/C18H19N3O3/c19-14-7-8-16-13(11-14)4-2-6-17(16)20-18(22)10-12-3-1-5-15(9-12)21(23)24/h1,3,5,7-9,11,17H,2,4,6,10,19H2,(H,20,22).